The van der Waals surface area contributed by atoms with Crippen molar-refractivity contribution in [3.63, 3.8) is 0 Å². The first kappa shape index (κ1) is 27.8. The first-order valence-electron chi connectivity index (χ1n) is 11.2. The number of aliphatic carboxylic acids is 1. The van der Waals surface area contributed by atoms with Crippen molar-refractivity contribution in [2.75, 3.05) is 6.61 Å². The molecule has 0 spiro atoms. The summed E-state index contributed by atoms with van der Waals surface area (Å²) in [5, 5.41) is 37.3. The summed E-state index contributed by atoms with van der Waals surface area (Å²) in [5.41, 5.74) is 0. The number of allylic oxidation sites excluding steroid dienone is 1. The molecule has 0 aliphatic carbocycles. The maximum Gasteiger partial charge on any atom is 0.306 e. The summed E-state index contributed by atoms with van der Waals surface area (Å²) < 4.78 is 0. The molecule has 0 aromatic rings. The fraction of sp³-hybridized carbons (Fsp3) is 0.826. The number of carboxylic acid groups (broad SMARTS) is 1. The number of Topliss-reactive ketones (excluding diaryl/α,β-unsaturated/α-hetero) is 1. The number of carbonyl (C=O) groups is 2. The number of unbranched alkanes of at least 4 members (excludes halogenated alkanes) is 7. The molecule has 170 valence electrons. The Bertz CT molecular complexity index is 449. The predicted molar refractivity (Wildman–Crippen MR) is 115 cm³/mol. The number of aliphatic hydroxyl groups is 3. The van der Waals surface area contributed by atoms with Gasteiger partial charge in [0, 0.05) is 6.42 Å². The Balaban J connectivity index is 3.59. The standard InChI is InChI=1S/C23H42O6/c1-19(25)13-9-7-8-12-16-21(26)15-11-6-4-2-3-5-10-14-20(23(28)29)17-22(27)18-24/h6,11,20-22,24,26-27H,2-5,7-10,12-18H2,1H3,(H,28,29)/b11-6-/t20?,21-,22?/m0/s1. The lowest BCUT2D eigenvalue weighted by Gasteiger charge is -2.15. The molecule has 0 heterocycles. The Morgan fingerprint density at radius 2 is 1.45 bits per heavy atom. The van der Waals surface area contributed by atoms with E-state index >= 15 is 0 Å². The van der Waals surface area contributed by atoms with Gasteiger partial charge in [0.05, 0.1) is 24.7 Å². The van der Waals surface area contributed by atoms with Crippen LogP contribution in [0.1, 0.15) is 96.8 Å². The molecule has 29 heavy (non-hydrogen) atoms. The monoisotopic (exact) mass is 414 g/mol. The van der Waals surface area contributed by atoms with E-state index in [0.29, 0.717) is 19.3 Å². The third-order valence-electron chi connectivity index (χ3n) is 5.18. The predicted octanol–water partition coefficient (Wildman–Crippen LogP) is 4.01. The van der Waals surface area contributed by atoms with Crippen LogP contribution in [0.4, 0.5) is 0 Å². The van der Waals surface area contributed by atoms with E-state index in [-0.39, 0.29) is 18.3 Å². The van der Waals surface area contributed by atoms with E-state index in [4.69, 9.17) is 10.2 Å². The maximum atomic E-state index is 11.1. The molecule has 4 N–H and O–H groups in total. The minimum Gasteiger partial charge on any atom is -0.481 e. The SMILES string of the molecule is CC(=O)CCCCCC[C@@H](O)C/C=C\CCCCCCC(CC(O)CO)C(=O)O. The topological polar surface area (TPSA) is 115 Å². The van der Waals surface area contributed by atoms with Crippen LogP contribution in [0.25, 0.3) is 0 Å². The molecule has 3 atom stereocenters. The minimum absolute atomic E-state index is 0.106. The summed E-state index contributed by atoms with van der Waals surface area (Å²) in [6.07, 6.45) is 14.6. The number of ketones is 1. The van der Waals surface area contributed by atoms with Crippen LogP contribution in [0.5, 0.6) is 0 Å². The van der Waals surface area contributed by atoms with Crippen LogP contribution in [0, 0.1) is 5.92 Å². The Kier molecular flexibility index (Phi) is 18.0. The van der Waals surface area contributed by atoms with E-state index < -0.39 is 24.6 Å². The number of hydrogen-bond acceptors (Lipinski definition) is 5. The van der Waals surface area contributed by atoms with Crippen molar-refractivity contribution in [3.05, 3.63) is 12.2 Å². The number of aliphatic hydroxyl groups excluding tert-OH is 3. The third kappa shape index (κ3) is 18.5. The van der Waals surface area contributed by atoms with E-state index in [0.717, 1.165) is 64.2 Å². The van der Waals surface area contributed by atoms with Crippen molar-refractivity contribution in [2.24, 2.45) is 5.92 Å². The fourth-order valence-corrected chi connectivity index (χ4v) is 3.35. The number of rotatable bonds is 20. The van der Waals surface area contributed by atoms with Crippen LogP contribution in [-0.4, -0.2) is 51.0 Å². The Morgan fingerprint density at radius 1 is 0.828 bits per heavy atom. The number of hydrogen-bond donors (Lipinski definition) is 4. The normalized spacial score (nSPS) is 14.8. The fourth-order valence-electron chi connectivity index (χ4n) is 3.35. The highest BCUT2D eigenvalue weighted by Gasteiger charge is 2.20. The summed E-state index contributed by atoms with van der Waals surface area (Å²) in [6, 6.07) is 0. The van der Waals surface area contributed by atoms with Gasteiger partial charge in [-0.3, -0.25) is 4.79 Å². The zero-order valence-electron chi connectivity index (χ0n) is 18.1. The van der Waals surface area contributed by atoms with E-state index in [2.05, 4.69) is 6.08 Å². The molecule has 2 unspecified atom stereocenters. The van der Waals surface area contributed by atoms with E-state index in [1.807, 2.05) is 6.08 Å². The molecule has 0 saturated heterocycles. The van der Waals surface area contributed by atoms with Gasteiger partial charge in [0.15, 0.2) is 0 Å². The van der Waals surface area contributed by atoms with Gasteiger partial charge in [0.2, 0.25) is 0 Å². The van der Waals surface area contributed by atoms with Crippen LogP contribution >= 0.6 is 0 Å². The average Bonchev–Trinajstić information content (AvgIpc) is 2.67. The Labute approximate surface area is 176 Å². The summed E-state index contributed by atoms with van der Waals surface area (Å²) in [5.74, 6) is -1.25. The molecular formula is C23H42O6. The molecule has 0 radical (unpaired) electrons. The van der Waals surface area contributed by atoms with Gasteiger partial charge in [-0.1, -0.05) is 50.7 Å². The first-order valence-corrected chi connectivity index (χ1v) is 11.2. The highest BCUT2D eigenvalue weighted by Crippen LogP contribution is 2.17. The highest BCUT2D eigenvalue weighted by molar-refractivity contribution is 5.75. The molecule has 0 fully saturated rings. The quantitative estimate of drug-likeness (QED) is 0.177. The molecule has 0 aromatic carbocycles. The molecule has 0 bridgehead atoms. The zero-order valence-corrected chi connectivity index (χ0v) is 18.1. The van der Waals surface area contributed by atoms with E-state index in [1.165, 1.54) is 0 Å². The van der Waals surface area contributed by atoms with E-state index in [1.54, 1.807) is 6.92 Å². The van der Waals surface area contributed by atoms with Crippen molar-refractivity contribution in [1.29, 1.82) is 0 Å². The lowest BCUT2D eigenvalue weighted by Crippen LogP contribution is -2.23. The van der Waals surface area contributed by atoms with Gasteiger partial charge in [0.25, 0.3) is 0 Å². The lowest BCUT2D eigenvalue weighted by molar-refractivity contribution is -0.143. The maximum absolute atomic E-state index is 11.1. The first-order chi connectivity index (χ1) is 13.9. The van der Waals surface area contributed by atoms with Crippen LogP contribution in [-0.2, 0) is 9.59 Å². The summed E-state index contributed by atoms with van der Waals surface area (Å²) in [4.78, 5) is 22.0. The second-order valence-corrected chi connectivity index (χ2v) is 8.11. The highest BCUT2D eigenvalue weighted by atomic mass is 16.4. The minimum atomic E-state index is -0.955. The largest absolute Gasteiger partial charge is 0.481 e. The second-order valence-electron chi connectivity index (χ2n) is 8.11. The molecule has 0 saturated carbocycles. The molecular weight excluding hydrogens is 372 g/mol. The summed E-state index contributed by atoms with van der Waals surface area (Å²) in [7, 11) is 0. The van der Waals surface area contributed by atoms with Gasteiger partial charge in [-0.05, 0) is 51.9 Å². The van der Waals surface area contributed by atoms with Gasteiger partial charge in [-0.15, -0.1) is 0 Å². The summed E-state index contributed by atoms with van der Waals surface area (Å²) in [6.45, 7) is 1.23. The van der Waals surface area contributed by atoms with Gasteiger partial charge >= 0.3 is 5.97 Å². The molecule has 0 aliphatic rings. The molecule has 0 aromatic heterocycles. The smallest absolute Gasteiger partial charge is 0.306 e. The average molecular weight is 415 g/mol. The zero-order chi connectivity index (χ0) is 21.9. The van der Waals surface area contributed by atoms with Gasteiger partial charge < -0.3 is 25.2 Å². The van der Waals surface area contributed by atoms with Crippen molar-refractivity contribution in [1.82, 2.24) is 0 Å². The van der Waals surface area contributed by atoms with Crippen LogP contribution in [0.15, 0.2) is 12.2 Å². The summed E-state index contributed by atoms with van der Waals surface area (Å²) >= 11 is 0. The molecule has 0 aliphatic heterocycles. The molecule has 0 amide bonds. The van der Waals surface area contributed by atoms with Gasteiger partial charge in [0.1, 0.15) is 5.78 Å². The Morgan fingerprint density at radius 3 is 2.07 bits per heavy atom. The molecule has 6 nitrogen and oxygen atoms in total. The van der Waals surface area contributed by atoms with Crippen LogP contribution in [0.2, 0.25) is 0 Å². The third-order valence-corrected chi connectivity index (χ3v) is 5.18. The van der Waals surface area contributed by atoms with Gasteiger partial charge in [-0.25, -0.2) is 0 Å². The molecule has 0 rings (SSSR count). The van der Waals surface area contributed by atoms with Crippen molar-refractivity contribution >= 4 is 11.8 Å². The molecule has 6 heteroatoms. The number of carbonyl (C=O) groups excluding carboxylic acids is 1. The van der Waals surface area contributed by atoms with Crippen molar-refractivity contribution in [3.8, 4) is 0 Å². The second kappa shape index (κ2) is 18.8. The van der Waals surface area contributed by atoms with Crippen molar-refractivity contribution in [2.45, 2.75) is 109 Å². The van der Waals surface area contributed by atoms with Crippen LogP contribution in [0.3, 0.4) is 0 Å². The Hall–Kier alpha value is -1.24. The van der Waals surface area contributed by atoms with Crippen molar-refractivity contribution < 1.29 is 30.0 Å². The van der Waals surface area contributed by atoms with Crippen LogP contribution < -0.4 is 0 Å². The van der Waals surface area contributed by atoms with Gasteiger partial charge in [-0.2, -0.15) is 0 Å². The number of carboxylic acids is 1. The lowest BCUT2D eigenvalue weighted by atomic mass is 9.95. The van der Waals surface area contributed by atoms with E-state index in [9.17, 15) is 19.8 Å².